The van der Waals surface area contributed by atoms with Gasteiger partial charge in [0.25, 0.3) is 5.91 Å². The molecule has 0 spiro atoms. The lowest BCUT2D eigenvalue weighted by atomic mass is 9.60. The van der Waals surface area contributed by atoms with Crippen molar-refractivity contribution in [3.05, 3.63) is 64.1 Å². The van der Waals surface area contributed by atoms with Gasteiger partial charge in [0.2, 0.25) is 0 Å². The minimum atomic E-state index is -0.303. The van der Waals surface area contributed by atoms with Gasteiger partial charge in [-0.3, -0.25) is 10.1 Å². The molecule has 6 rings (SSSR count). The van der Waals surface area contributed by atoms with Crippen LogP contribution in [0, 0.1) is 11.8 Å². The molecule has 1 saturated heterocycles. The van der Waals surface area contributed by atoms with Crippen LogP contribution in [-0.4, -0.2) is 30.9 Å². The number of hydrazine groups is 1. The molecule has 1 amide bonds. The predicted octanol–water partition coefficient (Wildman–Crippen LogP) is 3.35. The van der Waals surface area contributed by atoms with Crippen molar-refractivity contribution in [1.82, 2.24) is 21.5 Å². The second-order valence-corrected chi connectivity index (χ2v) is 9.53. The molecule has 32 heavy (non-hydrogen) atoms. The number of halogens is 2. The molecule has 2 aromatic rings. The van der Waals surface area contributed by atoms with Crippen molar-refractivity contribution in [2.24, 2.45) is 11.8 Å². The van der Waals surface area contributed by atoms with Gasteiger partial charge in [-0.2, -0.15) is 0 Å². The lowest BCUT2D eigenvalue weighted by molar-refractivity contribution is -0.125. The average Bonchev–Trinajstić information content (AvgIpc) is 3.21. The molecule has 0 radical (unpaired) electrons. The van der Waals surface area contributed by atoms with Gasteiger partial charge in [0.05, 0.1) is 0 Å². The van der Waals surface area contributed by atoms with Gasteiger partial charge in [-0.05, 0) is 73.1 Å². The Balaban J connectivity index is 1.10. The summed E-state index contributed by atoms with van der Waals surface area (Å²) in [4.78, 5) is 12.5. The van der Waals surface area contributed by atoms with E-state index in [-0.39, 0.29) is 37.2 Å². The Morgan fingerprint density at radius 2 is 1.59 bits per heavy atom. The Hall–Kier alpha value is -1.87. The SMILES string of the molecule is O=C(COc1ccc(Cl)cc1)NC1C[C@H](NC2NNC(c3ccc(Cl)cc3)O2)C2CC1C2. The monoisotopic (exact) mass is 476 g/mol. The van der Waals surface area contributed by atoms with Crippen LogP contribution < -0.4 is 26.2 Å². The molecule has 1 aliphatic heterocycles. The standard InChI is InChI=1S/C23H26Cl2N4O3/c24-16-3-1-13(2-4-16)22-28-29-23(32-22)27-20-11-19(14-9-15(20)10-14)26-21(30)12-31-18-7-5-17(25)6-8-18/h1-8,14-15,19-20,22-23,27-29H,9-12H2,(H,26,30)/t14?,15?,19?,20-,22?,23?/m0/s1. The summed E-state index contributed by atoms with van der Waals surface area (Å²) >= 11 is 11.9. The molecule has 170 valence electrons. The first-order valence-electron chi connectivity index (χ1n) is 10.9. The molecular formula is C23H26Cl2N4O3. The molecule has 2 aromatic carbocycles. The molecule has 9 heteroatoms. The first-order chi connectivity index (χ1) is 15.5. The number of carbonyl (C=O) groups excluding carboxylic acids is 1. The van der Waals surface area contributed by atoms with Crippen LogP contribution in [0.15, 0.2) is 48.5 Å². The van der Waals surface area contributed by atoms with E-state index < -0.39 is 0 Å². The molecule has 0 aromatic heterocycles. The lowest BCUT2D eigenvalue weighted by Gasteiger charge is -2.52. The summed E-state index contributed by atoms with van der Waals surface area (Å²) in [6.45, 7) is -0.00758. The Bertz CT molecular complexity index is 937. The van der Waals surface area contributed by atoms with Crippen LogP contribution in [-0.2, 0) is 9.53 Å². The smallest absolute Gasteiger partial charge is 0.258 e. The van der Waals surface area contributed by atoms with Crippen molar-refractivity contribution >= 4 is 29.1 Å². The molecular weight excluding hydrogens is 451 g/mol. The number of amides is 1. The zero-order valence-electron chi connectivity index (χ0n) is 17.4. The quantitative estimate of drug-likeness (QED) is 0.490. The van der Waals surface area contributed by atoms with E-state index in [1.165, 1.54) is 0 Å². The fraction of sp³-hybridized carbons (Fsp3) is 0.435. The highest BCUT2D eigenvalue weighted by Gasteiger charge is 2.47. The molecule has 4 N–H and O–H groups in total. The number of benzene rings is 2. The van der Waals surface area contributed by atoms with Gasteiger partial charge in [-0.15, -0.1) is 0 Å². The molecule has 3 unspecified atom stereocenters. The molecule has 3 saturated carbocycles. The largest absolute Gasteiger partial charge is 0.484 e. The zero-order chi connectivity index (χ0) is 22.1. The molecule has 2 bridgehead atoms. The highest BCUT2D eigenvalue weighted by atomic mass is 35.5. The maximum Gasteiger partial charge on any atom is 0.258 e. The van der Waals surface area contributed by atoms with Gasteiger partial charge in [-0.1, -0.05) is 35.3 Å². The van der Waals surface area contributed by atoms with Crippen LogP contribution in [0.25, 0.3) is 0 Å². The summed E-state index contributed by atoms with van der Waals surface area (Å²) in [5, 5.41) is 8.06. The Morgan fingerprint density at radius 1 is 0.938 bits per heavy atom. The number of fused-ring (bicyclic) bond motifs is 2. The third kappa shape index (κ3) is 5.03. The van der Waals surface area contributed by atoms with Crippen LogP contribution in [0.3, 0.4) is 0 Å². The fourth-order valence-electron chi connectivity index (χ4n) is 4.76. The van der Waals surface area contributed by atoms with Gasteiger partial charge < -0.3 is 14.8 Å². The predicted molar refractivity (Wildman–Crippen MR) is 122 cm³/mol. The van der Waals surface area contributed by atoms with E-state index in [9.17, 15) is 4.79 Å². The lowest BCUT2D eigenvalue weighted by Crippen LogP contribution is -2.62. The minimum absolute atomic E-state index is 0.00758. The van der Waals surface area contributed by atoms with E-state index in [2.05, 4.69) is 21.5 Å². The number of nitrogens with one attached hydrogen (secondary N) is 4. The van der Waals surface area contributed by atoms with Crippen LogP contribution in [0.5, 0.6) is 5.75 Å². The normalized spacial score (nSPS) is 31.1. The van der Waals surface area contributed by atoms with Crippen LogP contribution >= 0.6 is 23.2 Å². The van der Waals surface area contributed by atoms with E-state index in [0.29, 0.717) is 27.6 Å². The molecule has 3 aliphatic carbocycles. The van der Waals surface area contributed by atoms with Gasteiger partial charge in [0, 0.05) is 22.1 Å². The second-order valence-electron chi connectivity index (χ2n) is 8.65. The number of hydrogen-bond acceptors (Lipinski definition) is 6. The van der Waals surface area contributed by atoms with Crippen molar-refractivity contribution < 1.29 is 14.3 Å². The number of ether oxygens (including phenoxy) is 2. The van der Waals surface area contributed by atoms with Crippen LogP contribution in [0.2, 0.25) is 10.0 Å². The molecule has 4 fully saturated rings. The Labute approximate surface area is 197 Å². The average molecular weight is 477 g/mol. The second kappa shape index (κ2) is 9.55. The Kier molecular flexibility index (Phi) is 6.55. The maximum atomic E-state index is 12.5. The van der Waals surface area contributed by atoms with Crippen molar-refractivity contribution in [2.45, 2.75) is 43.9 Å². The third-order valence-corrected chi connectivity index (χ3v) is 7.05. The first kappa shape index (κ1) is 21.9. The van der Waals surface area contributed by atoms with Crippen molar-refractivity contribution in [1.29, 1.82) is 0 Å². The maximum absolute atomic E-state index is 12.5. The summed E-state index contributed by atoms with van der Waals surface area (Å²) < 4.78 is 11.7. The van der Waals surface area contributed by atoms with E-state index in [1.54, 1.807) is 24.3 Å². The number of hydrogen-bond donors (Lipinski definition) is 4. The summed E-state index contributed by atoms with van der Waals surface area (Å²) in [6.07, 6.45) is 2.54. The number of carbonyl (C=O) groups is 1. The third-order valence-electron chi connectivity index (χ3n) is 6.54. The van der Waals surface area contributed by atoms with Crippen LogP contribution in [0.1, 0.15) is 31.1 Å². The number of rotatable bonds is 7. The topological polar surface area (TPSA) is 83.7 Å². The van der Waals surface area contributed by atoms with Gasteiger partial charge in [0.15, 0.2) is 13.0 Å². The van der Waals surface area contributed by atoms with Crippen molar-refractivity contribution in [3.8, 4) is 5.75 Å². The Morgan fingerprint density at radius 3 is 2.31 bits per heavy atom. The summed E-state index contributed by atoms with van der Waals surface area (Å²) in [5.41, 5.74) is 7.34. The van der Waals surface area contributed by atoms with E-state index in [4.69, 9.17) is 32.7 Å². The minimum Gasteiger partial charge on any atom is -0.484 e. The van der Waals surface area contributed by atoms with Crippen molar-refractivity contribution in [2.75, 3.05) is 6.61 Å². The van der Waals surface area contributed by atoms with Gasteiger partial charge in [0.1, 0.15) is 12.0 Å². The highest BCUT2D eigenvalue weighted by molar-refractivity contribution is 6.30. The summed E-state index contributed by atoms with van der Waals surface area (Å²) in [5.74, 6) is 1.67. The summed E-state index contributed by atoms with van der Waals surface area (Å²) in [7, 11) is 0. The van der Waals surface area contributed by atoms with Crippen LogP contribution in [0.4, 0.5) is 0 Å². The van der Waals surface area contributed by atoms with E-state index in [1.807, 2.05) is 24.3 Å². The molecule has 4 aliphatic rings. The molecule has 1 heterocycles. The highest BCUT2D eigenvalue weighted by Crippen LogP contribution is 2.46. The summed E-state index contributed by atoms with van der Waals surface area (Å²) in [6, 6.07) is 15.0. The first-order valence-corrected chi connectivity index (χ1v) is 11.6. The van der Waals surface area contributed by atoms with E-state index >= 15 is 0 Å². The molecule has 4 atom stereocenters. The van der Waals surface area contributed by atoms with Crippen molar-refractivity contribution in [3.63, 3.8) is 0 Å². The van der Waals surface area contributed by atoms with E-state index in [0.717, 1.165) is 24.8 Å². The molecule has 7 nitrogen and oxygen atoms in total. The zero-order valence-corrected chi connectivity index (χ0v) is 18.9. The fourth-order valence-corrected chi connectivity index (χ4v) is 5.02. The van der Waals surface area contributed by atoms with Gasteiger partial charge in [-0.25, -0.2) is 10.9 Å². The van der Waals surface area contributed by atoms with Gasteiger partial charge >= 0.3 is 0 Å².